The van der Waals surface area contributed by atoms with Gasteiger partial charge < -0.3 is 10.4 Å². The Balaban J connectivity index is 1.99. The Morgan fingerprint density at radius 1 is 1.47 bits per heavy atom. The van der Waals surface area contributed by atoms with Crippen molar-refractivity contribution in [2.75, 3.05) is 6.61 Å². The molecule has 2 N–H and O–H groups in total. The van der Waals surface area contributed by atoms with Crippen molar-refractivity contribution in [1.82, 2.24) is 5.32 Å². The van der Waals surface area contributed by atoms with Crippen LogP contribution in [0.2, 0.25) is 5.02 Å². The van der Waals surface area contributed by atoms with Crippen LogP contribution in [0.1, 0.15) is 18.4 Å². The first-order valence-electron chi connectivity index (χ1n) is 4.95. The number of aliphatic hydroxyl groups excluding tert-OH is 1. The Labute approximate surface area is 103 Å². The molecule has 15 heavy (non-hydrogen) atoms. The lowest BCUT2D eigenvalue weighted by atomic mass is 10.2. The topological polar surface area (TPSA) is 32.3 Å². The Hall–Kier alpha value is -0.0900. The molecular formula is C11H13BrClNO. The molecule has 1 aromatic carbocycles. The second-order valence-electron chi connectivity index (χ2n) is 4.03. The number of rotatable bonds is 4. The highest BCUT2D eigenvalue weighted by Gasteiger charge is 2.41. The molecule has 1 fully saturated rings. The van der Waals surface area contributed by atoms with Crippen LogP contribution in [0.15, 0.2) is 22.7 Å². The van der Waals surface area contributed by atoms with Gasteiger partial charge in [-0.25, -0.2) is 0 Å². The first-order valence-corrected chi connectivity index (χ1v) is 6.12. The third kappa shape index (κ3) is 2.72. The molecule has 0 amide bonds. The van der Waals surface area contributed by atoms with Crippen molar-refractivity contribution in [3.8, 4) is 0 Å². The van der Waals surface area contributed by atoms with Crippen LogP contribution in [0.4, 0.5) is 0 Å². The summed E-state index contributed by atoms with van der Waals surface area (Å²) in [4.78, 5) is 0. The summed E-state index contributed by atoms with van der Waals surface area (Å²) in [6.07, 6.45) is 2.13. The molecule has 0 bridgehead atoms. The highest BCUT2D eigenvalue weighted by Crippen LogP contribution is 2.35. The number of aliphatic hydroxyl groups is 1. The van der Waals surface area contributed by atoms with Crippen molar-refractivity contribution < 1.29 is 5.11 Å². The van der Waals surface area contributed by atoms with Gasteiger partial charge in [-0.1, -0.05) is 33.6 Å². The van der Waals surface area contributed by atoms with Gasteiger partial charge in [0.2, 0.25) is 0 Å². The summed E-state index contributed by atoms with van der Waals surface area (Å²) >= 11 is 9.33. The van der Waals surface area contributed by atoms with Gasteiger partial charge in [-0.3, -0.25) is 0 Å². The van der Waals surface area contributed by atoms with E-state index in [2.05, 4.69) is 21.2 Å². The minimum Gasteiger partial charge on any atom is -0.394 e. The molecule has 1 aromatic rings. The predicted octanol–water partition coefficient (Wildman–Crippen LogP) is 2.72. The van der Waals surface area contributed by atoms with Crippen molar-refractivity contribution in [3.63, 3.8) is 0 Å². The summed E-state index contributed by atoms with van der Waals surface area (Å²) in [6.45, 7) is 0.983. The summed E-state index contributed by atoms with van der Waals surface area (Å²) in [5, 5.41) is 13.3. The highest BCUT2D eigenvalue weighted by molar-refractivity contribution is 9.10. The lowest BCUT2D eigenvalue weighted by Crippen LogP contribution is -2.34. The maximum atomic E-state index is 9.15. The fraction of sp³-hybridized carbons (Fsp3) is 0.455. The predicted molar refractivity (Wildman–Crippen MR) is 65.0 cm³/mol. The summed E-state index contributed by atoms with van der Waals surface area (Å²) in [5.41, 5.74) is 1.15. The summed E-state index contributed by atoms with van der Waals surface area (Å²) in [6, 6.07) is 5.76. The van der Waals surface area contributed by atoms with E-state index in [0.717, 1.165) is 28.9 Å². The third-order valence-electron chi connectivity index (χ3n) is 2.83. The van der Waals surface area contributed by atoms with E-state index in [-0.39, 0.29) is 12.1 Å². The molecule has 0 heterocycles. The van der Waals surface area contributed by atoms with E-state index in [4.69, 9.17) is 16.7 Å². The molecule has 0 aromatic heterocycles. The van der Waals surface area contributed by atoms with Gasteiger partial charge >= 0.3 is 0 Å². The molecule has 0 saturated heterocycles. The molecule has 2 rings (SSSR count). The quantitative estimate of drug-likeness (QED) is 0.894. The zero-order chi connectivity index (χ0) is 10.9. The van der Waals surface area contributed by atoms with Gasteiger partial charge in [0, 0.05) is 21.6 Å². The Morgan fingerprint density at radius 2 is 2.20 bits per heavy atom. The van der Waals surface area contributed by atoms with Crippen molar-refractivity contribution in [2.24, 2.45) is 0 Å². The van der Waals surface area contributed by atoms with Gasteiger partial charge in [0.05, 0.1) is 6.61 Å². The van der Waals surface area contributed by atoms with Gasteiger partial charge in [0.15, 0.2) is 0 Å². The molecule has 82 valence electrons. The van der Waals surface area contributed by atoms with Crippen molar-refractivity contribution >= 4 is 27.5 Å². The monoisotopic (exact) mass is 289 g/mol. The van der Waals surface area contributed by atoms with Crippen molar-refractivity contribution in [3.05, 3.63) is 33.3 Å². The van der Waals surface area contributed by atoms with Crippen LogP contribution >= 0.6 is 27.5 Å². The van der Waals surface area contributed by atoms with Gasteiger partial charge in [0.1, 0.15) is 0 Å². The van der Waals surface area contributed by atoms with E-state index in [0.29, 0.717) is 0 Å². The maximum Gasteiger partial charge on any atom is 0.0613 e. The van der Waals surface area contributed by atoms with E-state index in [1.54, 1.807) is 0 Å². The Kier molecular flexibility index (Phi) is 3.36. The van der Waals surface area contributed by atoms with Crippen molar-refractivity contribution in [2.45, 2.75) is 24.9 Å². The maximum absolute atomic E-state index is 9.15. The molecule has 0 spiro atoms. The highest BCUT2D eigenvalue weighted by atomic mass is 79.9. The van der Waals surface area contributed by atoms with E-state index in [1.165, 1.54) is 5.56 Å². The fourth-order valence-corrected chi connectivity index (χ4v) is 2.31. The lowest BCUT2D eigenvalue weighted by molar-refractivity contribution is 0.229. The average molecular weight is 291 g/mol. The summed E-state index contributed by atoms with van der Waals surface area (Å²) in [5.74, 6) is 0. The molecule has 1 aliphatic rings. The summed E-state index contributed by atoms with van der Waals surface area (Å²) < 4.78 is 1.01. The van der Waals surface area contributed by atoms with E-state index in [1.807, 2.05) is 18.2 Å². The van der Waals surface area contributed by atoms with Crippen LogP contribution in [0.5, 0.6) is 0 Å². The number of benzene rings is 1. The minimum absolute atomic E-state index is 0.0148. The Bertz CT molecular complexity index is 366. The van der Waals surface area contributed by atoms with Crippen LogP contribution in [0.3, 0.4) is 0 Å². The lowest BCUT2D eigenvalue weighted by Gasteiger charge is -2.14. The molecular weight excluding hydrogens is 277 g/mol. The molecule has 1 aliphatic carbocycles. The minimum atomic E-state index is -0.0148. The third-order valence-corrected chi connectivity index (χ3v) is 3.80. The molecule has 0 aliphatic heterocycles. The average Bonchev–Trinajstić information content (AvgIpc) is 2.97. The molecule has 0 radical (unpaired) electrons. The van der Waals surface area contributed by atoms with Gasteiger partial charge in [-0.05, 0) is 30.5 Å². The second-order valence-corrected chi connectivity index (χ2v) is 5.32. The second kappa shape index (κ2) is 4.42. The van der Waals surface area contributed by atoms with E-state index in [9.17, 15) is 0 Å². The van der Waals surface area contributed by atoms with Crippen LogP contribution in [-0.4, -0.2) is 17.3 Å². The van der Waals surface area contributed by atoms with E-state index >= 15 is 0 Å². The molecule has 0 unspecified atom stereocenters. The largest absolute Gasteiger partial charge is 0.394 e. The van der Waals surface area contributed by atoms with Gasteiger partial charge in [-0.2, -0.15) is 0 Å². The van der Waals surface area contributed by atoms with Crippen LogP contribution in [0.25, 0.3) is 0 Å². The number of nitrogens with one attached hydrogen (secondary N) is 1. The van der Waals surface area contributed by atoms with E-state index < -0.39 is 0 Å². The molecule has 4 heteroatoms. The molecule has 1 saturated carbocycles. The smallest absolute Gasteiger partial charge is 0.0613 e. The van der Waals surface area contributed by atoms with Gasteiger partial charge in [0.25, 0.3) is 0 Å². The summed E-state index contributed by atoms with van der Waals surface area (Å²) in [7, 11) is 0. The Morgan fingerprint density at radius 3 is 2.73 bits per heavy atom. The number of hydrogen-bond donors (Lipinski definition) is 2. The van der Waals surface area contributed by atoms with Crippen molar-refractivity contribution in [1.29, 1.82) is 0 Å². The first-order chi connectivity index (χ1) is 7.15. The van der Waals surface area contributed by atoms with Crippen LogP contribution in [-0.2, 0) is 6.54 Å². The van der Waals surface area contributed by atoms with Crippen LogP contribution < -0.4 is 5.32 Å². The zero-order valence-electron chi connectivity index (χ0n) is 8.26. The van der Waals surface area contributed by atoms with Gasteiger partial charge in [-0.15, -0.1) is 0 Å². The standard InChI is InChI=1S/C11H13BrClNO/c12-10-5-9(13)2-1-8(10)6-14-11(7-15)3-4-11/h1-2,5,14-15H,3-4,6-7H2. The zero-order valence-corrected chi connectivity index (χ0v) is 10.6. The normalized spacial score (nSPS) is 17.8. The molecule has 2 nitrogen and oxygen atoms in total. The SMILES string of the molecule is OCC1(NCc2ccc(Cl)cc2Br)CC1. The fourth-order valence-electron chi connectivity index (χ4n) is 1.49. The van der Waals surface area contributed by atoms with Crippen LogP contribution in [0, 0.1) is 0 Å². The molecule has 0 atom stereocenters. The number of hydrogen-bond acceptors (Lipinski definition) is 2. The number of halogens is 2. The first kappa shape index (κ1) is 11.4.